The van der Waals surface area contributed by atoms with E-state index in [0.29, 0.717) is 49.0 Å². The summed E-state index contributed by atoms with van der Waals surface area (Å²) in [5.74, 6) is 0.497. The van der Waals surface area contributed by atoms with Gasteiger partial charge in [-0.3, -0.25) is 14.3 Å². The lowest BCUT2D eigenvalue weighted by Crippen LogP contribution is -2.49. The number of allylic oxidation sites excluding steroid dienone is 1. The number of rotatable bonds is 5. The fraction of sp³-hybridized carbons (Fsp3) is 0.486. The Balaban J connectivity index is 1.25. The molecule has 0 saturated heterocycles. The van der Waals surface area contributed by atoms with Crippen LogP contribution >= 0.6 is 22.9 Å². The maximum absolute atomic E-state index is 14.2. The van der Waals surface area contributed by atoms with Crippen LogP contribution in [0.4, 0.5) is 5.69 Å². The van der Waals surface area contributed by atoms with Crippen molar-refractivity contribution >= 4 is 50.4 Å². The molecule has 1 aromatic heterocycles. The third kappa shape index (κ3) is 7.45. The average Bonchev–Trinajstić information content (AvgIpc) is 3.55. The Hall–Kier alpha value is -3.25. The molecule has 12 heteroatoms. The lowest BCUT2D eigenvalue weighted by molar-refractivity contribution is -0.119. The molecule has 2 bridgehead atoms. The van der Waals surface area contributed by atoms with E-state index >= 15 is 0 Å². The Bertz CT molecular complexity index is 1860. The van der Waals surface area contributed by atoms with Crippen molar-refractivity contribution in [3.8, 4) is 5.75 Å². The first-order chi connectivity index (χ1) is 23.7. The molecule has 2 aromatic carbocycles. The van der Waals surface area contributed by atoms with Gasteiger partial charge < -0.3 is 14.4 Å². The van der Waals surface area contributed by atoms with Gasteiger partial charge in [-0.05, 0) is 98.2 Å². The summed E-state index contributed by atoms with van der Waals surface area (Å²) in [5, 5.41) is 3.42. The third-order valence-corrected chi connectivity index (χ3v) is 13.5. The fourth-order valence-corrected chi connectivity index (χ4v) is 10.4. The SMILES string of the molecule is CO[C@H]1/C=C\CCCS(=O)(NC(=O)CCc2nccs2)=NC(=O)c2ccc3c(c2)N(C[C@@H]2CC[C@H]21)C[C@@]1(CCCc2cc(Cl)ccc21)CO3. The van der Waals surface area contributed by atoms with E-state index in [4.69, 9.17) is 21.1 Å². The van der Waals surface area contributed by atoms with E-state index in [0.717, 1.165) is 60.9 Å². The molecule has 0 radical (unpaired) electrons. The largest absolute Gasteiger partial charge is 0.490 e. The highest BCUT2D eigenvalue weighted by molar-refractivity contribution is 7.92. The second-order valence-electron chi connectivity index (χ2n) is 13.8. The van der Waals surface area contributed by atoms with Gasteiger partial charge in [-0.2, -0.15) is 0 Å². The van der Waals surface area contributed by atoms with Gasteiger partial charge >= 0.3 is 0 Å². The highest BCUT2D eigenvalue weighted by Gasteiger charge is 2.44. The van der Waals surface area contributed by atoms with E-state index in [1.165, 1.54) is 22.5 Å². The molecule has 1 spiro atoms. The standard InChI is InChI=1S/C37H43ClN4O5S2/c1-46-32-7-3-2-4-19-49(45,40-34(43)14-15-35-39-17-18-48-35)41-36(44)26-9-13-33-31(21-26)42(22-27-8-11-29(27)32)23-37(24-47-33)16-5-6-25-20-28(38)10-12-30(25)37/h3,7,9-10,12-13,17-18,20-21,27,29,32H,2,4-6,8,11,14-16,19,22-24H2,1H3,(H,40,41,43,44,45)/b7-3-/t27-,29+,32-,37-,49?/m0/s1. The van der Waals surface area contributed by atoms with Gasteiger partial charge in [0.15, 0.2) is 0 Å². The Morgan fingerprint density at radius 2 is 2.12 bits per heavy atom. The van der Waals surface area contributed by atoms with Crippen LogP contribution in [0, 0.1) is 11.8 Å². The smallest absolute Gasteiger partial charge is 0.286 e. The molecule has 1 N–H and O–H groups in total. The number of amides is 2. The molecule has 3 heterocycles. The Morgan fingerprint density at radius 3 is 2.92 bits per heavy atom. The van der Waals surface area contributed by atoms with Crippen molar-refractivity contribution in [1.82, 2.24) is 9.71 Å². The molecule has 260 valence electrons. The number of ether oxygens (including phenoxy) is 2. The summed E-state index contributed by atoms with van der Waals surface area (Å²) < 4.78 is 33.7. The summed E-state index contributed by atoms with van der Waals surface area (Å²) in [7, 11) is -1.63. The number of hydrogen-bond acceptors (Lipinski definition) is 8. The number of fused-ring (bicyclic) bond motifs is 4. The number of methoxy groups -OCH3 is 1. The van der Waals surface area contributed by atoms with E-state index in [-0.39, 0.29) is 23.7 Å². The zero-order valence-corrected chi connectivity index (χ0v) is 30.2. The molecule has 2 aliphatic heterocycles. The molecular formula is C37H43ClN4O5S2. The molecule has 5 atom stereocenters. The zero-order valence-electron chi connectivity index (χ0n) is 27.8. The number of aromatic nitrogens is 1. The summed E-state index contributed by atoms with van der Waals surface area (Å²) in [6.45, 7) is 2.04. The zero-order chi connectivity index (χ0) is 34.0. The van der Waals surface area contributed by atoms with Crippen molar-refractivity contribution in [2.24, 2.45) is 16.2 Å². The summed E-state index contributed by atoms with van der Waals surface area (Å²) in [4.78, 5) is 33.4. The number of aryl methyl sites for hydroxylation is 2. The lowest BCUT2D eigenvalue weighted by atomic mass is 9.68. The van der Waals surface area contributed by atoms with Crippen LogP contribution in [0.1, 0.15) is 71.4 Å². The fourth-order valence-electron chi connectivity index (χ4n) is 7.94. The molecule has 2 aliphatic carbocycles. The second-order valence-corrected chi connectivity index (χ2v) is 17.2. The van der Waals surface area contributed by atoms with Crippen LogP contribution in [0.3, 0.4) is 0 Å². The lowest BCUT2D eigenvalue weighted by Gasteiger charge is -2.46. The Morgan fingerprint density at radius 1 is 1.22 bits per heavy atom. The molecule has 3 aromatic rings. The first-order valence-corrected chi connectivity index (χ1v) is 20.2. The van der Waals surface area contributed by atoms with Crippen LogP contribution in [0.25, 0.3) is 0 Å². The van der Waals surface area contributed by atoms with Gasteiger partial charge in [0.25, 0.3) is 5.91 Å². The van der Waals surface area contributed by atoms with Crippen molar-refractivity contribution in [3.05, 3.63) is 86.8 Å². The predicted octanol–water partition coefficient (Wildman–Crippen LogP) is 6.93. The van der Waals surface area contributed by atoms with E-state index in [1.807, 2.05) is 23.6 Å². The van der Waals surface area contributed by atoms with Gasteiger partial charge in [-0.25, -0.2) is 9.19 Å². The van der Waals surface area contributed by atoms with Gasteiger partial charge in [0.05, 0.1) is 29.2 Å². The number of carbonyl (C=O) groups is 2. The van der Waals surface area contributed by atoms with E-state index in [2.05, 4.69) is 43.3 Å². The number of nitrogens with zero attached hydrogens (tertiary/aromatic N) is 3. The van der Waals surface area contributed by atoms with Gasteiger partial charge in [0.2, 0.25) is 5.91 Å². The van der Waals surface area contributed by atoms with Crippen LogP contribution in [0.2, 0.25) is 5.02 Å². The third-order valence-electron chi connectivity index (χ3n) is 10.6. The molecule has 7 rings (SSSR count). The number of anilines is 1. The highest BCUT2D eigenvalue weighted by atomic mass is 35.5. The first kappa shape index (κ1) is 34.2. The minimum atomic E-state index is -3.40. The molecule has 1 unspecified atom stereocenters. The molecule has 2 amide bonds. The molecular weight excluding hydrogens is 680 g/mol. The van der Waals surface area contributed by atoms with Crippen molar-refractivity contribution in [3.63, 3.8) is 0 Å². The molecule has 49 heavy (non-hydrogen) atoms. The van der Waals surface area contributed by atoms with Crippen molar-refractivity contribution in [2.45, 2.75) is 69.3 Å². The van der Waals surface area contributed by atoms with Gasteiger partial charge in [0, 0.05) is 60.6 Å². The monoisotopic (exact) mass is 722 g/mol. The number of benzene rings is 2. The summed E-state index contributed by atoms with van der Waals surface area (Å²) in [6.07, 6.45) is 12.7. The topological polar surface area (TPSA) is 110 Å². The highest BCUT2D eigenvalue weighted by Crippen LogP contribution is 2.47. The summed E-state index contributed by atoms with van der Waals surface area (Å²) in [5.41, 5.74) is 3.45. The maximum Gasteiger partial charge on any atom is 0.286 e. The number of nitrogens with one attached hydrogen (secondary N) is 1. The number of hydrogen-bond donors (Lipinski definition) is 1. The van der Waals surface area contributed by atoms with Crippen LogP contribution in [0.5, 0.6) is 5.75 Å². The van der Waals surface area contributed by atoms with Crippen molar-refractivity contribution in [1.29, 1.82) is 0 Å². The second kappa shape index (κ2) is 14.5. The van der Waals surface area contributed by atoms with E-state index < -0.39 is 21.7 Å². The van der Waals surface area contributed by atoms with Gasteiger partial charge in [-0.1, -0.05) is 29.8 Å². The molecule has 1 fully saturated rings. The predicted molar refractivity (Wildman–Crippen MR) is 194 cm³/mol. The molecule has 1 saturated carbocycles. The first-order valence-electron chi connectivity index (χ1n) is 17.2. The van der Waals surface area contributed by atoms with Crippen LogP contribution in [-0.2, 0) is 37.7 Å². The average molecular weight is 723 g/mol. The normalized spacial score (nSPS) is 29.0. The van der Waals surface area contributed by atoms with Crippen LogP contribution in [0.15, 0.2) is 64.5 Å². The molecule has 4 aliphatic rings. The van der Waals surface area contributed by atoms with Crippen molar-refractivity contribution < 1.29 is 23.3 Å². The van der Waals surface area contributed by atoms with E-state index in [9.17, 15) is 13.8 Å². The number of carbonyl (C=O) groups excluding carboxylic acids is 2. The van der Waals surface area contributed by atoms with Gasteiger partial charge in [-0.15, -0.1) is 15.7 Å². The van der Waals surface area contributed by atoms with Crippen LogP contribution < -0.4 is 14.4 Å². The Labute approximate surface area is 297 Å². The minimum absolute atomic E-state index is 0.0339. The minimum Gasteiger partial charge on any atom is -0.490 e. The maximum atomic E-state index is 14.2. The van der Waals surface area contributed by atoms with Crippen LogP contribution in [-0.4, -0.2) is 59.7 Å². The van der Waals surface area contributed by atoms with Gasteiger partial charge in [0.1, 0.15) is 15.7 Å². The number of thiazole rings is 1. The quantitative estimate of drug-likeness (QED) is 0.285. The summed E-state index contributed by atoms with van der Waals surface area (Å²) >= 11 is 7.91. The van der Waals surface area contributed by atoms with Crippen molar-refractivity contribution in [2.75, 3.05) is 37.5 Å². The Kier molecular flexibility index (Phi) is 10.2. The summed E-state index contributed by atoms with van der Waals surface area (Å²) in [6, 6.07) is 11.6. The molecule has 9 nitrogen and oxygen atoms in total. The van der Waals surface area contributed by atoms with E-state index in [1.54, 1.807) is 19.4 Å². The number of halogens is 1.